The number of nitrogens with zero attached hydrogens (tertiary/aromatic N) is 3. The van der Waals surface area contributed by atoms with Crippen molar-refractivity contribution in [2.45, 2.75) is 59.1 Å². The lowest BCUT2D eigenvalue weighted by molar-refractivity contribution is -0.118. The molecule has 1 saturated heterocycles. The third-order valence-corrected chi connectivity index (χ3v) is 8.39. The molecule has 38 heavy (non-hydrogen) atoms. The summed E-state index contributed by atoms with van der Waals surface area (Å²) in [6.07, 6.45) is 3.36. The molecule has 8 nitrogen and oxygen atoms in total. The van der Waals surface area contributed by atoms with E-state index in [0.717, 1.165) is 66.7 Å². The van der Waals surface area contributed by atoms with Crippen molar-refractivity contribution in [3.8, 4) is 0 Å². The Bertz CT molecular complexity index is 1460. The van der Waals surface area contributed by atoms with Crippen molar-refractivity contribution in [2.75, 3.05) is 31.2 Å². The predicted molar refractivity (Wildman–Crippen MR) is 150 cm³/mol. The maximum atomic E-state index is 12.3. The van der Waals surface area contributed by atoms with Crippen LogP contribution in [0.4, 0.5) is 5.69 Å². The van der Waals surface area contributed by atoms with Crippen LogP contribution < -0.4 is 5.32 Å². The number of amides is 1. The van der Waals surface area contributed by atoms with E-state index in [2.05, 4.69) is 45.1 Å². The van der Waals surface area contributed by atoms with E-state index >= 15 is 0 Å². The van der Waals surface area contributed by atoms with Crippen LogP contribution in [0.2, 0.25) is 0 Å². The first-order valence-corrected chi connectivity index (χ1v) is 15.3. The van der Waals surface area contributed by atoms with E-state index in [-0.39, 0.29) is 17.9 Å². The molecule has 204 valence electrons. The van der Waals surface area contributed by atoms with Gasteiger partial charge in [0.05, 0.1) is 23.3 Å². The van der Waals surface area contributed by atoms with E-state index in [1.807, 2.05) is 33.8 Å². The largest absolute Gasteiger partial charge is 0.326 e. The summed E-state index contributed by atoms with van der Waals surface area (Å²) in [6, 6.07) is 12.3. The fourth-order valence-electron chi connectivity index (χ4n) is 6.06. The van der Waals surface area contributed by atoms with Gasteiger partial charge in [-0.3, -0.25) is 8.98 Å². The molecule has 0 bridgehead atoms. The molecule has 9 heteroatoms. The molecule has 2 heterocycles. The number of anilines is 1. The van der Waals surface area contributed by atoms with Crippen molar-refractivity contribution in [3.05, 3.63) is 58.9 Å². The minimum atomic E-state index is -3.63. The smallest absolute Gasteiger partial charge is 0.264 e. The fraction of sp³-hybridized carbons (Fsp3) is 0.517. The Morgan fingerprint density at radius 1 is 1.13 bits per heavy atom. The third-order valence-electron chi connectivity index (χ3n) is 7.79. The van der Waals surface area contributed by atoms with Crippen LogP contribution in [-0.4, -0.2) is 60.8 Å². The molecule has 1 unspecified atom stereocenters. The first-order chi connectivity index (χ1) is 18.0. The van der Waals surface area contributed by atoms with Gasteiger partial charge < -0.3 is 14.8 Å². The number of likely N-dealkylation sites (tertiary alicyclic amines) is 1. The van der Waals surface area contributed by atoms with Gasteiger partial charge in [-0.15, -0.1) is 0 Å². The molecule has 3 atom stereocenters. The highest BCUT2D eigenvalue weighted by molar-refractivity contribution is 7.86. The van der Waals surface area contributed by atoms with Gasteiger partial charge in [-0.25, -0.2) is 4.98 Å². The second kappa shape index (κ2) is 10.4. The number of carbonyl (C=O) groups excluding carboxylic acids is 1. The molecule has 2 aliphatic rings. The number of carbonyl (C=O) groups is 1. The molecular weight excluding hydrogens is 500 g/mol. The van der Waals surface area contributed by atoms with E-state index in [9.17, 15) is 13.2 Å². The minimum absolute atomic E-state index is 0.0235. The third kappa shape index (κ3) is 5.80. The summed E-state index contributed by atoms with van der Waals surface area (Å²) < 4.78 is 32.4. The van der Waals surface area contributed by atoms with Crippen LogP contribution >= 0.6 is 0 Å². The highest BCUT2D eigenvalue weighted by Crippen LogP contribution is 2.34. The number of hydrogen-bond acceptors (Lipinski definition) is 6. The van der Waals surface area contributed by atoms with Crippen LogP contribution in [-0.2, 0) is 31.9 Å². The van der Waals surface area contributed by atoms with Crippen LogP contribution in [0.5, 0.6) is 0 Å². The SMILES string of the molecule is Cc1ccc2c(c1)nc(C)n2[C@@H]1CCN(CC2Cc3ccc(NC(=O)C(C)C)cc3C2)C[C@H]1OS(C)(=O)=O. The Morgan fingerprint density at radius 2 is 1.89 bits per heavy atom. The van der Waals surface area contributed by atoms with Gasteiger partial charge in [0.2, 0.25) is 5.91 Å². The number of rotatable bonds is 7. The number of nitrogens with one attached hydrogen (secondary N) is 1. The Labute approximate surface area is 225 Å². The summed E-state index contributed by atoms with van der Waals surface area (Å²) in [5, 5.41) is 3.00. The van der Waals surface area contributed by atoms with E-state index in [1.165, 1.54) is 11.1 Å². The molecule has 3 aromatic rings. The Hall–Kier alpha value is -2.75. The summed E-state index contributed by atoms with van der Waals surface area (Å²) in [7, 11) is -3.63. The number of imidazole rings is 1. The topological polar surface area (TPSA) is 93.5 Å². The summed E-state index contributed by atoms with van der Waals surface area (Å²) in [4.78, 5) is 19.2. The lowest BCUT2D eigenvalue weighted by Gasteiger charge is -2.39. The maximum Gasteiger partial charge on any atom is 0.264 e. The summed E-state index contributed by atoms with van der Waals surface area (Å²) in [5.74, 6) is 1.28. The van der Waals surface area contributed by atoms with Gasteiger partial charge in [0, 0.05) is 31.2 Å². The van der Waals surface area contributed by atoms with Crippen molar-refractivity contribution in [1.29, 1.82) is 0 Å². The van der Waals surface area contributed by atoms with Crippen LogP contribution in [0.1, 0.15) is 48.8 Å². The van der Waals surface area contributed by atoms with E-state index < -0.39 is 16.2 Å². The molecule has 1 fully saturated rings. The number of hydrogen-bond donors (Lipinski definition) is 1. The van der Waals surface area contributed by atoms with Crippen LogP contribution in [0.25, 0.3) is 11.0 Å². The molecule has 1 amide bonds. The Kier molecular flexibility index (Phi) is 7.37. The van der Waals surface area contributed by atoms with Crippen molar-refractivity contribution < 1.29 is 17.4 Å². The summed E-state index contributed by atoms with van der Waals surface area (Å²) >= 11 is 0. The van der Waals surface area contributed by atoms with Gasteiger partial charge in [0.25, 0.3) is 10.1 Å². The lowest BCUT2D eigenvalue weighted by atomic mass is 9.98. The minimum Gasteiger partial charge on any atom is -0.326 e. The highest BCUT2D eigenvalue weighted by Gasteiger charge is 2.36. The Morgan fingerprint density at radius 3 is 2.63 bits per heavy atom. The number of aryl methyl sites for hydroxylation is 2. The van der Waals surface area contributed by atoms with Gasteiger partial charge in [0.15, 0.2) is 0 Å². The predicted octanol–water partition coefficient (Wildman–Crippen LogP) is 4.25. The molecule has 1 N–H and O–H groups in total. The van der Waals surface area contributed by atoms with Crippen molar-refractivity contribution >= 4 is 32.7 Å². The first kappa shape index (κ1) is 26.8. The van der Waals surface area contributed by atoms with Crippen LogP contribution in [0.3, 0.4) is 0 Å². The second-order valence-corrected chi connectivity index (χ2v) is 13.0. The lowest BCUT2D eigenvalue weighted by Crippen LogP contribution is -2.48. The average molecular weight is 539 g/mol. The second-order valence-electron chi connectivity index (χ2n) is 11.4. The normalized spacial score (nSPS) is 22.2. The summed E-state index contributed by atoms with van der Waals surface area (Å²) in [6.45, 7) is 10.1. The van der Waals surface area contributed by atoms with Crippen LogP contribution in [0.15, 0.2) is 36.4 Å². The van der Waals surface area contributed by atoms with E-state index in [1.54, 1.807) is 0 Å². The number of piperidine rings is 1. The van der Waals surface area contributed by atoms with E-state index in [4.69, 9.17) is 9.17 Å². The fourth-order valence-corrected chi connectivity index (χ4v) is 6.70. The van der Waals surface area contributed by atoms with E-state index in [0.29, 0.717) is 12.5 Å². The van der Waals surface area contributed by atoms with Gasteiger partial charge in [-0.05, 0) is 80.0 Å². The Balaban J connectivity index is 1.30. The molecule has 1 aliphatic heterocycles. The molecule has 0 spiro atoms. The molecule has 1 aliphatic carbocycles. The number of benzene rings is 2. The van der Waals surface area contributed by atoms with Gasteiger partial charge in [0.1, 0.15) is 11.9 Å². The zero-order valence-electron chi connectivity index (χ0n) is 22.9. The summed E-state index contributed by atoms with van der Waals surface area (Å²) in [5.41, 5.74) is 6.55. The number of fused-ring (bicyclic) bond motifs is 2. The molecule has 0 radical (unpaired) electrons. The molecular formula is C29H38N4O4S. The zero-order chi connectivity index (χ0) is 27.2. The zero-order valence-corrected chi connectivity index (χ0v) is 23.7. The van der Waals surface area contributed by atoms with Gasteiger partial charge in [-0.1, -0.05) is 26.0 Å². The van der Waals surface area contributed by atoms with Gasteiger partial charge >= 0.3 is 0 Å². The average Bonchev–Trinajstić information content (AvgIpc) is 3.36. The van der Waals surface area contributed by atoms with Crippen molar-refractivity contribution in [3.63, 3.8) is 0 Å². The molecule has 5 rings (SSSR count). The first-order valence-electron chi connectivity index (χ1n) is 13.5. The standard InChI is InChI=1S/C29H38N4O4S/c1-18(2)29(34)31-24-8-7-22-13-21(14-23(22)15-24)16-32-11-10-27(28(17-32)37-38(5,35)36)33-20(4)30-25-12-19(3)6-9-26(25)33/h6-9,12,15,18,21,27-28H,10-11,13-14,16-17H2,1-5H3,(H,31,34)/t21?,27-,28-/m1/s1. The van der Waals surface area contributed by atoms with Gasteiger partial charge in [-0.2, -0.15) is 8.42 Å². The molecule has 2 aromatic carbocycles. The van der Waals surface area contributed by atoms with Crippen LogP contribution in [0, 0.1) is 25.7 Å². The molecule has 0 saturated carbocycles. The molecule has 1 aromatic heterocycles. The highest BCUT2D eigenvalue weighted by atomic mass is 32.2. The number of aromatic nitrogens is 2. The monoisotopic (exact) mass is 538 g/mol. The van der Waals surface area contributed by atoms with Crippen molar-refractivity contribution in [1.82, 2.24) is 14.5 Å². The quantitative estimate of drug-likeness (QED) is 0.452. The van der Waals surface area contributed by atoms with Crippen molar-refractivity contribution in [2.24, 2.45) is 11.8 Å². The maximum absolute atomic E-state index is 12.3.